The number of carbonyl (C=O) groups is 2. The third kappa shape index (κ3) is 3.49. The van der Waals surface area contributed by atoms with Crippen LogP contribution >= 0.6 is 0 Å². The lowest BCUT2D eigenvalue weighted by molar-refractivity contribution is -0.139. The lowest BCUT2D eigenvalue weighted by Crippen LogP contribution is -2.20. The molecular weight excluding hydrogens is 278 g/mol. The first-order valence-corrected chi connectivity index (χ1v) is 8.09. The third-order valence-electron chi connectivity index (χ3n) is 5.15. The van der Waals surface area contributed by atoms with Gasteiger partial charge in [0.1, 0.15) is 0 Å². The maximum absolute atomic E-state index is 12.2. The standard InChI is InChI=1S/C18H23NO3/c1-22-18(21)10-12-3-6-16(7-4-12)19-17(20)11-15-9-13-2-5-14(15)8-13/h3-4,6-7,13-15H,2,5,8-11H2,1H3,(H,19,20)/t13-,14-,15-/m0/s1. The van der Waals surface area contributed by atoms with Crippen molar-refractivity contribution in [3.63, 3.8) is 0 Å². The van der Waals surface area contributed by atoms with Crippen LogP contribution in [0.25, 0.3) is 0 Å². The number of rotatable bonds is 5. The van der Waals surface area contributed by atoms with E-state index in [1.54, 1.807) is 0 Å². The first kappa shape index (κ1) is 15.1. The van der Waals surface area contributed by atoms with Gasteiger partial charge in [0.15, 0.2) is 0 Å². The highest BCUT2D eigenvalue weighted by Gasteiger charge is 2.40. The lowest BCUT2D eigenvalue weighted by atomic mass is 9.86. The summed E-state index contributed by atoms with van der Waals surface area (Å²) >= 11 is 0. The summed E-state index contributed by atoms with van der Waals surface area (Å²) in [6.45, 7) is 0. The number of anilines is 1. The maximum atomic E-state index is 12.2. The highest BCUT2D eigenvalue weighted by Crippen LogP contribution is 2.49. The average molecular weight is 301 g/mol. The SMILES string of the molecule is COC(=O)Cc1ccc(NC(=O)C[C@@H]2C[C@H]3CC[C@H]2C3)cc1. The van der Waals surface area contributed by atoms with Crippen LogP contribution < -0.4 is 5.32 Å². The van der Waals surface area contributed by atoms with Gasteiger partial charge in [0.05, 0.1) is 13.5 Å². The van der Waals surface area contributed by atoms with Gasteiger partial charge in [-0.2, -0.15) is 0 Å². The minimum absolute atomic E-state index is 0.110. The minimum atomic E-state index is -0.256. The van der Waals surface area contributed by atoms with Crippen LogP contribution in [-0.4, -0.2) is 19.0 Å². The molecule has 1 N–H and O–H groups in total. The van der Waals surface area contributed by atoms with Crippen molar-refractivity contribution in [2.75, 3.05) is 12.4 Å². The number of ether oxygens (including phenoxy) is 1. The molecule has 2 bridgehead atoms. The van der Waals surface area contributed by atoms with E-state index >= 15 is 0 Å². The van der Waals surface area contributed by atoms with Gasteiger partial charge in [-0.05, 0) is 54.7 Å². The Morgan fingerprint density at radius 2 is 1.95 bits per heavy atom. The molecule has 0 saturated heterocycles. The van der Waals surface area contributed by atoms with E-state index in [-0.39, 0.29) is 18.3 Å². The first-order valence-electron chi connectivity index (χ1n) is 8.09. The van der Waals surface area contributed by atoms with E-state index in [9.17, 15) is 9.59 Å². The summed E-state index contributed by atoms with van der Waals surface area (Å²) in [6.07, 6.45) is 6.15. The quantitative estimate of drug-likeness (QED) is 0.850. The molecule has 0 heterocycles. The van der Waals surface area contributed by atoms with Gasteiger partial charge in [0.25, 0.3) is 0 Å². The molecule has 4 heteroatoms. The lowest BCUT2D eigenvalue weighted by Gasteiger charge is -2.20. The maximum Gasteiger partial charge on any atom is 0.309 e. The molecule has 0 aromatic heterocycles. The molecule has 2 aliphatic carbocycles. The van der Waals surface area contributed by atoms with Gasteiger partial charge in [-0.15, -0.1) is 0 Å². The van der Waals surface area contributed by atoms with E-state index in [1.807, 2.05) is 24.3 Å². The summed E-state index contributed by atoms with van der Waals surface area (Å²) in [5, 5.41) is 2.97. The topological polar surface area (TPSA) is 55.4 Å². The molecule has 118 valence electrons. The summed E-state index contributed by atoms with van der Waals surface area (Å²) in [5.74, 6) is 2.09. The van der Waals surface area contributed by atoms with Crippen molar-refractivity contribution in [1.29, 1.82) is 0 Å². The number of benzene rings is 1. The molecule has 4 nitrogen and oxygen atoms in total. The fraction of sp³-hybridized carbons (Fsp3) is 0.556. The fourth-order valence-corrected chi connectivity index (χ4v) is 4.02. The normalized spacial score (nSPS) is 26.0. The van der Waals surface area contributed by atoms with Crippen LogP contribution in [0, 0.1) is 17.8 Å². The molecule has 2 aliphatic rings. The second-order valence-electron chi connectivity index (χ2n) is 6.64. The van der Waals surface area contributed by atoms with Crippen molar-refractivity contribution >= 4 is 17.6 Å². The van der Waals surface area contributed by atoms with Crippen molar-refractivity contribution in [2.24, 2.45) is 17.8 Å². The van der Waals surface area contributed by atoms with Crippen molar-refractivity contribution in [1.82, 2.24) is 0 Å². The van der Waals surface area contributed by atoms with Crippen molar-refractivity contribution in [2.45, 2.75) is 38.5 Å². The Morgan fingerprint density at radius 1 is 1.18 bits per heavy atom. The molecule has 1 aromatic carbocycles. The molecule has 3 atom stereocenters. The molecule has 3 rings (SSSR count). The molecule has 0 spiro atoms. The number of methoxy groups -OCH3 is 1. The summed E-state index contributed by atoms with van der Waals surface area (Å²) in [5.41, 5.74) is 1.68. The van der Waals surface area contributed by atoms with Gasteiger partial charge in [-0.3, -0.25) is 9.59 Å². The Bertz CT molecular complexity index is 552. The number of amides is 1. The van der Waals surface area contributed by atoms with Crippen LogP contribution in [0.1, 0.15) is 37.7 Å². The van der Waals surface area contributed by atoms with Crippen LogP contribution in [0.15, 0.2) is 24.3 Å². The predicted molar refractivity (Wildman–Crippen MR) is 84.3 cm³/mol. The fourth-order valence-electron chi connectivity index (χ4n) is 4.02. The van der Waals surface area contributed by atoms with Crippen LogP contribution in [0.2, 0.25) is 0 Å². The van der Waals surface area contributed by atoms with Crippen molar-refractivity contribution in [3.05, 3.63) is 29.8 Å². The van der Waals surface area contributed by atoms with E-state index in [2.05, 4.69) is 10.1 Å². The average Bonchev–Trinajstić information content (AvgIpc) is 3.11. The number of nitrogens with one attached hydrogen (secondary N) is 1. The number of carbonyl (C=O) groups excluding carboxylic acids is 2. The molecule has 2 fully saturated rings. The van der Waals surface area contributed by atoms with Crippen molar-refractivity contribution in [3.8, 4) is 0 Å². The van der Waals surface area contributed by atoms with E-state index in [0.29, 0.717) is 12.3 Å². The van der Waals surface area contributed by atoms with Crippen LogP contribution in [0.5, 0.6) is 0 Å². The molecule has 1 aromatic rings. The highest BCUT2D eigenvalue weighted by molar-refractivity contribution is 5.91. The van der Waals surface area contributed by atoms with E-state index in [1.165, 1.54) is 32.8 Å². The summed E-state index contributed by atoms with van der Waals surface area (Å²) in [4.78, 5) is 23.4. The zero-order valence-electron chi connectivity index (χ0n) is 13.0. The van der Waals surface area contributed by atoms with Crippen LogP contribution in [-0.2, 0) is 20.7 Å². The second-order valence-corrected chi connectivity index (χ2v) is 6.64. The number of esters is 1. The third-order valence-corrected chi connectivity index (χ3v) is 5.15. The number of fused-ring (bicyclic) bond motifs is 2. The summed E-state index contributed by atoms with van der Waals surface area (Å²) < 4.78 is 4.64. The Morgan fingerprint density at radius 3 is 2.55 bits per heavy atom. The van der Waals surface area contributed by atoms with Crippen LogP contribution in [0.3, 0.4) is 0 Å². The molecule has 22 heavy (non-hydrogen) atoms. The molecule has 2 saturated carbocycles. The Balaban J connectivity index is 1.50. The Hall–Kier alpha value is -1.84. The monoisotopic (exact) mass is 301 g/mol. The van der Waals surface area contributed by atoms with Gasteiger partial charge < -0.3 is 10.1 Å². The number of hydrogen-bond donors (Lipinski definition) is 1. The smallest absolute Gasteiger partial charge is 0.309 e. The van der Waals surface area contributed by atoms with Gasteiger partial charge in [-0.1, -0.05) is 18.6 Å². The van der Waals surface area contributed by atoms with Crippen LogP contribution in [0.4, 0.5) is 5.69 Å². The van der Waals surface area contributed by atoms with Gasteiger partial charge in [0.2, 0.25) is 5.91 Å². The second kappa shape index (κ2) is 6.51. The molecule has 0 radical (unpaired) electrons. The van der Waals surface area contributed by atoms with E-state index < -0.39 is 0 Å². The minimum Gasteiger partial charge on any atom is -0.469 e. The molecule has 0 aliphatic heterocycles. The molecular formula is C18H23NO3. The van der Waals surface area contributed by atoms with Gasteiger partial charge in [-0.25, -0.2) is 0 Å². The summed E-state index contributed by atoms with van der Waals surface area (Å²) in [7, 11) is 1.38. The van der Waals surface area contributed by atoms with E-state index in [4.69, 9.17) is 0 Å². The Labute approximate surface area is 131 Å². The first-order chi connectivity index (χ1) is 10.6. The predicted octanol–water partition coefficient (Wildman–Crippen LogP) is 3.17. The summed E-state index contributed by atoms with van der Waals surface area (Å²) in [6, 6.07) is 7.39. The van der Waals surface area contributed by atoms with E-state index in [0.717, 1.165) is 23.1 Å². The zero-order valence-corrected chi connectivity index (χ0v) is 13.0. The zero-order chi connectivity index (χ0) is 15.5. The largest absolute Gasteiger partial charge is 0.469 e. The molecule has 1 amide bonds. The Kier molecular flexibility index (Phi) is 4.46. The molecule has 0 unspecified atom stereocenters. The van der Waals surface area contributed by atoms with Gasteiger partial charge in [0, 0.05) is 12.1 Å². The highest BCUT2D eigenvalue weighted by atomic mass is 16.5. The number of hydrogen-bond acceptors (Lipinski definition) is 3. The van der Waals surface area contributed by atoms with Gasteiger partial charge >= 0.3 is 5.97 Å². The van der Waals surface area contributed by atoms with Crippen molar-refractivity contribution < 1.29 is 14.3 Å².